The molecule has 5 nitrogen and oxygen atoms in total. The van der Waals surface area contributed by atoms with E-state index in [1.807, 2.05) is 49.3 Å². The number of hydrogen-bond acceptors (Lipinski definition) is 4. The summed E-state index contributed by atoms with van der Waals surface area (Å²) in [4.78, 5) is 21.1. The van der Waals surface area contributed by atoms with Gasteiger partial charge >= 0.3 is 0 Å². The Bertz CT molecular complexity index is 1000. The minimum atomic E-state index is -0.776. The van der Waals surface area contributed by atoms with Crippen LogP contribution >= 0.6 is 35.6 Å². The van der Waals surface area contributed by atoms with Crippen LogP contribution in [0.4, 0.5) is 11.4 Å². The van der Waals surface area contributed by atoms with Crippen molar-refractivity contribution >= 4 is 58.0 Å². The lowest BCUT2D eigenvalue weighted by molar-refractivity contribution is -0.123. The second-order valence-electron chi connectivity index (χ2n) is 7.26. The van der Waals surface area contributed by atoms with Crippen molar-refractivity contribution in [2.45, 2.75) is 30.7 Å². The molecule has 0 atom stereocenters. The number of benzene rings is 2. The fraction of sp³-hybridized carbons (Fsp3) is 0.318. The van der Waals surface area contributed by atoms with Crippen LogP contribution < -0.4 is 9.64 Å². The lowest BCUT2D eigenvalue weighted by Crippen LogP contribution is -2.44. The molecule has 1 aliphatic rings. The molecule has 1 saturated heterocycles. The minimum Gasteiger partial charge on any atom is -0.494 e. The Morgan fingerprint density at radius 3 is 2.53 bits per heavy atom. The topological polar surface area (TPSA) is 37.1 Å². The molecular weight excluding hydrogens is 438 g/mol. The van der Waals surface area contributed by atoms with Gasteiger partial charge in [0.1, 0.15) is 11.3 Å². The van der Waals surface area contributed by atoms with Gasteiger partial charge in [-0.25, -0.2) is 4.85 Å². The van der Waals surface area contributed by atoms with Gasteiger partial charge in [0, 0.05) is 16.5 Å². The zero-order valence-corrected chi connectivity index (χ0v) is 19.4. The predicted octanol–water partition coefficient (Wildman–Crippen LogP) is 5.79. The van der Waals surface area contributed by atoms with E-state index < -0.39 is 5.54 Å². The molecule has 0 spiro atoms. The van der Waals surface area contributed by atoms with Crippen molar-refractivity contribution in [2.75, 3.05) is 24.3 Å². The Hall–Kier alpha value is -2.27. The van der Waals surface area contributed by atoms with Crippen molar-refractivity contribution in [1.29, 1.82) is 0 Å². The maximum atomic E-state index is 13.1. The normalized spacial score (nSPS) is 15.4. The quantitative estimate of drug-likeness (QED) is 0.226. The number of carbonyl (C=O) groups is 1. The van der Waals surface area contributed by atoms with Crippen LogP contribution in [0.5, 0.6) is 5.75 Å². The van der Waals surface area contributed by atoms with Crippen LogP contribution in [0, 0.1) is 6.57 Å². The average Bonchev–Trinajstić information content (AvgIpc) is 2.90. The third-order valence-corrected chi connectivity index (χ3v) is 6.44. The van der Waals surface area contributed by atoms with E-state index in [4.69, 9.17) is 35.1 Å². The monoisotopic (exact) mass is 459 g/mol. The Morgan fingerprint density at radius 2 is 1.93 bits per heavy atom. The zero-order valence-electron chi connectivity index (χ0n) is 17.0. The SMILES string of the molecule is [C-]#[N+]c1ccc(N2C(=O)C(C)(C)N(CCCOc3ccc(SC)cc3)C2=S)cc1Cl. The molecule has 30 heavy (non-hydrogen) atoms. The molecule has 8 heteroatoms. The van der Waals surface area contributed by atoms with E-state index in [-0.39, 0.29) is 5.91 Å². The summed E-state index contributed by atoms with van der Waals surface area (Å²) < 4.78 is 5.82. The van der Waals surface area contributed by atoms with Crippen LogP contribution in [-0.4, -0.2) is 40.9 Å². The number of hydrogen-bond donors (Lipinski definition) is 0. The van der Waals surface area contributed by atoms with Gasteiger partial charge in [-0.05, 0) is 75.1 Å². The van der Waals surface area contributed by atoms with Gasteiger partial charge in [-0.3, -0.25) is 9.69 Å². The maximum Gasteiger partial charge on any atom is 0.258 e. The number of ether oxygens (including phenoxy) is 1. The zero-order chi connectivity index (χ0) is 21.9. The van der Waals surface area contributed by atoms with E-state index in [0.29, 0.717) is 41.1 Å². The summed E-state index contributed by atoms with van der Waals surface area (Å²) in [5.74, 6) is 0.705. The lowest BCUT2D eigenvalue weighted by Gasteiger charge is -2.29. The van der Waals surface area contributed by atoms with Crippen molar-refractivity contribution in [3.63, 3.8) is 0 Å². The van der Waals surface area contributed by atoms with Crippen LogP contribution in [0.15, 0.2) is 47.4 Å². The Kier molecular flexibility index (Phi) is 6.91. The molecule has 0 radical (unpaired) electrons. The number of anilines is 1. The minimum absolute atomic E-state index is 0.118. The molecule has 2 aromatic carbocycles. The summed E-state index contributed by atoms with van der Waals surface area (Å²) >= 11 is 13.5. The van der Waals surface area contributed by atoms with E-state index >= 15 is 0 Å². The molecule has 1 fully saturated rings. The highest BCUT2D eigenvalue weighted by Gasteiger charge is 2.49. The van der Waals surface area contributed by atoms with Gasteiger partial charge in [-0.1, -0.05) is 17.7 Å². The summed E-state index contributed by atoms with van der Waals surface area (Å²) in [7, 11) is 0. The highest BCUT2D eigenvalue weighted by Crippen LogP contribution is 2.36. The standard InChI is InChI=1S/C22H22ClN3O2S2/c1-22(2)20(27)26(15-6-11-19(24-3)18(23)14-15)21(29)25(22)12-5-13-28-16-7-9-17(30-4)10-8-16/h6-11,14H,5,12-13H2,1-2,4H3. The molecule has 0 bridgehead atoms. The molecule has 2 aromatic rings. The molecule has 0 unspecified atom stereocenters. The Morgan fingerprint density at radius 1 is 1.23 bits per heavy atom. The molecule has 1 aliphatic heterocycles. The van der Waals surface area contributed by atoms with Crippen molar-refractivity contribution in [3.8, 4) is 5.75 Å². The molecule has 1 heterocycles. The molecular formula is C22H22ClN3O2S2. The van der Waals surface area contributed by atoms with Gasteiger partial charge in [0.25, 0.3) is 5.91 Å². The van der Waals surface area contributed by atoms with Crippen molar-refractivity contribution in [2.24, 2.45) is 0 Å². The first-order chi connectivity index (χ1) is 14.3. The second kappa shape index (κ2) is 9.25. The van der Waals surface area contributed by atoms with Crippen LogP contribution in [0.2, 0.25) is 5.02 Å². The molecule has 0 aromatic heterocycles. The van der Waals surface area contributed by atoms with Gasteiger partial charge < -0.3 is 9.64 Å². The average molecular weight is 460 g/mol. The summed E-state index contributed by atoms with van der Waals surface area (Å²) in [6, 6.07) is 12.9. The first-order valence-corrected chi connectivity index (χ1v) is 11.4. The van der Waals surface area contributed by atoms with Crippen LogP contribution in [0.1, 0.15) is 20.3 Å². The summed E-state index contributed by atoms with van der Waals surface area (Å²) in [5.41, 5.74) is 0.141. The summed E-state index contributed by atoms with van der Waals surface area (Å²) in [6.07, 6.45) is 2.75. The molecule has 0 aliphatic carbocycles. The first-order valence-electron chi connectivity index (χ1n) is 9.39. The van der Waals surface area contributed by atoms with E-state index in [0.717, 1.165) is 5.75 Å². The van der Waals surface area contributed by atoms with Gasteiger partial charge in [0.15, 0.2) is 5.11 Å². The predicted molar refractivity (Wildman–Crippen MR) is 127 cm³/mol. The molecule has 156 valence electrons. The highest BCUT2D eigenvalue weighted by atomic mass is 35.5. The van der Waals surface area contributed by atoms with E-state index in [1.54, 1.807) is 30.0 Å². The third-order valence-electron chi connectivity index (χ3n) is 4.99. The number of amides is 1. The third kappa shape index (κ3) is 4.41. The highest BCUT2D eigenvalue weighted by molar-refractivity contribution is 7.98. The Balaban J connectivity index is 1.66. The maximum absolute atomic E-state index is 13.1. The summed E-state index contributed by atoms with van der Waals surface area (Å²) in [6.45, 7) is 12.0. The summed E-state index contributed by atoms with van der Waals surface area (Å²) in [5, 5.41) is 0.733. The van der Waals surface area contributed by atoms with E-state index in [1.165, 1.54) is 9.80 Å². The molecule has 3 rings (SSSR count). The van der Waals surface area contributed by atoms with Gasteiger partial charge in [-0.2, -0.15) is 0 Å². The molecule has 0 N–H and O–H groups in total. The Labute approximate surface area is 191 Å². The second-order valence-corrected chi connectivity index (χ2v) is 8.91. The van der Waals surface area contributed by atoms with Gasteiger partial charge in [-0.15, -0.1) is 11.8 Å². The van der Waals surface area contributed by atoms with E-state index in [2.05, 4.69) is 4.85 Å². The number of thiocarbonyl (C=S) groups is 1. The number of thioether (sulfide) groups is 1. The van der Waals surface area contributed by atoms with Crippen molar-refractivity contribution in [1.82, 2.24) is 4.90 Å². The lowest BCUT2D eigenvalue weighted by atomic mass is 10.0. The number of rotatable bonds is 7. The first kappa shape index (κ1) is 22.4. The fourth-order valence-electron chi connectivity index (χ4n) is 3.25. The number of carbonyl (C=O) groups excluding carboxylic acids is 1. The largest absolute Gasteiger partial charge is 0.494 e. The number of nitrogens with zero attached hydrogens (tertiary/aromatic N) is 3. The van der Waals surface area contributed by atoms with Gasteiger partial charge in [0.05, 0.1) is 18.9 Å². The fourth-order valence-corrected chi connectivity index (χ4v) is 4.38. The van der Waals surface area contributed by atoms with Crippen molar-refractivity contribution in [3.05, 3.63) is 58.9 Å². The van der Waals surface area contributed by atoms with E-state index in [9.17, 15) is 4.79 Å². The van der Waals surface area contributed by atoms with Crippen LogP contribution in [-0.2, 0) is 4.79 Å². The smallest absolute Gasteiger partial charge is 0.258 e. The van der Waals surface area contributed by atoms with Crippen LogP contribution in [0.3, 0.4) is 0 Å². The van der Waals surface area contributed by atoms with Gasteiger partial charge in [0.2, 0.25) is 5.69 Å². The van der Waals surface area contributed by atoms with Crippen molar-refractivity contribution < 1.29 is 9.53 Å². The van der Waals surface area contributed by atoms with Crippen LogP contribution in [0.25, 0.3) is 4.85 Å². The molecule has 0 saturated carbocycles. The molecule has 1 amide bonds. The number of halogens is 1.